The van der Waals surface area contributed by atoms with Crippen LogP contribution in [0.25, 0.3) is 10.1 Å². The van der Waals surface area contributed by atoms with Crippen molar-refractivity contribution in [1.82, 2.24) is 4.90 Å². The van der Waals surface area contributed by atoms with Crippen LogP contribution in [0.4, 0.5) is 5.69 Å². The van der Waals surface area contributed by atoms with E-state index in [1.807, 2.05) is 19.2 Å². The van der Waals surface area contributed by atoms with Crippen molar-refractivity contribution in [2.45, 2.75) is 20.3 Å². The molecule has 0 spiro atoms. The predicted octanol–water partition coefficient (Wildman–Crippen LogP) is 4.26. The third-order valence-corrected chi connectivity index (χ3v) is 4.91. The quantitative estimate of drug-likeness (QED) is 0.917. The molecule has 0 saturated carbocycles. The molecule has 3 nitrogen and oxygen atoms in total. The summed E-state index contributed by atoms with van der Waals surface area (Å²) in [6.45, 7) is 5.00. The molecule has 0 aliphatic heterocycles. The Balaban J connectivity index is 2.32. The van der Waals surface area contributed by atoms with Crippen molar-refractivity contribution < 1.29 is 4.79 Å². The van der Waals surface area contributed by atoms with E-state index in [1.54, 1.807) is 11.0 Å². The van der Waals surface area contributed by atoms with Crippen LogP contribution < -0.4 is 5.73 Å². The maximum atomic E-state index is 12.5. The molecular weight excluding hydrogens is 292 g/mol. The standard InChI is InChI=1S/C15H19ClN2OS/c1-4-9(2)8-18(3)15(19)14-13(17)11-6-5-10(16)7-12(11)20-14/h5-7,9H,4,8,17H2,1-3H3. The Morgan fingerprint density at radius 1 is 1.50 bits per heavy atom. The molecule has 2 aromatic rings. The molecule has 0 aliphatic rings. The monoisotopic (exact) mass is 310 g/mol. The van der Waals surface area contributed by atoms with E-state index in [1.165, 1.54) is 11.3 Å². The largest absolute Gasteiger partial charge is 0.397 e. The van der Waals surface area contributed by atoms with Gasteiger partial charge in [0.25, 0.3) is 5.91 Å². The summed E-state index contributed by atoms with van der Waals surface area (Å²) in [5, 5.41) is 1.56. The highest BCUT2D eigenvalue weighted by Crippen LogP contribution is 2.35. The smallest absolute Gasteiger partial charge is 0.265 e. The molecule has 0 bridgehead atoms. The molecule has 1 aromatic carbocycles. The number of benzene rings is 1. The third-order valence-electron chi connectivity index (χ3n) is 3.51. The minimum Gasteiger partial charge on any atom is -0.397 e. The van der Waals surface area contributed by atoms with Gasteiger partial charge in [0.15, 0.2) is 0 Å². The van der Waals surface area contributed by atoms with Gasteiger partial charge in [0.2, 0.25) is 0 Å². The first-order valence-electron chi connectivity index (χ1n) is 6.67. The fraction of sp³-hybridized carbons (Fsp3) is 0.400. The molecule has 108 valence electrons. The Morgan fingerprint density at radius 2 is 2.20 bits per heavy atom. The summed E-state index contributed by atoms with van der Waals surface area (Å²) >= 11 is 7.39. The summed E-state index contributed by atoms with van der Waals surface area (Å²) in [5.74, 6) is 0.467. The van der Waals surface area contributed by atoms with Crippen molar-refractivity contribution >= 4 is 44.6 Å². The Bertz CT molecular complexity index is 638. The molecule has 1 aromatic heterocycles. The van der Waals surface area contributed by atoms with E-state index in [0.717, 1.165) is 23.1 Å². The Labute approximate surface area is 128 Å². The van der Waals surface area contributed by atoms with Gasteiger partial charge in [-0.05, 0) is 24.1 Å². The highest BCUT2D eigenvalue weighted by molar-refractivity contribution is 7.21. The van der Waals surface area contributed by atoms with Crippen molar-refractivity contribution in [3.63, 3.8) is 0 Å². The lowest BCUT2D eigenvalue weighted by molar-refractivity contribution is 0.0780. The van der Waals surface area contributed by atoms with Gasteiger partial charge in [-0.3, -0.25) is 4.79 Å². The van der Waals surface area contributed by atoms with E-state index in [4.69, 9.17) is 17.3 Å². The number of carbonyl (C=O) groups is 1. The van der Waals surface area contributed by atoms with E-state index in [9.17, 15) is 4.79 Å². The number of nitrogens with two attached hydrogens (primary N) is 1. The Hall–Kier alpha value is -1.26. The average molecular weight is 311 g/mol. The second-order valence-electron chi connectivity index (χ2n) is 5.18. The summed E-state index contributed by atoms with van der Waals surface area (Å²) in [4.78, 5) is 14.8. The highest BCUT2D eigenvalue weighted by atomic mass is 35.5. The van der Waals surface area contributed by atoms with Crippen LogP contribution in [0.15, 0.2) is 18.2 Å². The van der Waals surface area contributed by atoms with Gasteiger partial charge in [-0.15, -0.1) is 11.3 Å². The topological polar surface area (TPSA) is 46.3 Å². The van der Waals surface area contributed by atoms with Gasteiger partial charge in [-0.1, -0.05) is 31.9 Å². The number of nitrogens with zero attached hydrogens (tertiary/aromatic N) is 1. The van der Waals surface area contributed by atoms with E-state index in [-0.39, 0.29) is 5.91 Å². The maximum absolute atomic E-state index is 12.5. The van der Waals surface area contributed by atoms with Crippen LogP contribution in [0.3, 0.4) is 0 Å². The number of hydrogen-bond donors (Lipinski definition) is 1. The molecule has 2 N–H and O–H groups in total. The number of fused-ring (bicyclic) bond motifs is 1. The molecule has 1 atom stereocenters. The minimum atomic E-state index is -0.0138. The summed E-state index contributed by atoms with van der Waals surface area (Å²) in [6, 6.07) is 5.52. The summed E-state index contributed by atoms with van der Waals surface area (Å²) < 4.78 is 0.954. The van der Waals surface area contributed by atoms with E-state index in [2.05, 4.69) is 13.8 Å². The zero-order valence-corrected chi connectivity index (χ0v) is 13.5. The van der Waals surface area contributed by atoms with E-state index >= 15 is 0 Å². The molecule has 5 heteroatoms. The molecule has 20 heavy (non-hydrogen) atoms. The van der Waals surface area contributed by atoms with Crippen LogP contribution >= 0.6 is 22.9 Å². The first-order valence-corrected chi connectivity index (χ1v) is 7.86. The lowest BCUT2D eigenvalue weighted by Gasteiger charge is -2.20. The molecule has 2 rings (SSSR count). The zero-order valence-electron chi connectivity index (χ0n) is 11.9. The lowest BCUT2D eigenvalue weighted by Crippen LogP contribution is -2.30. The second kappa shape index (κ2) is 6.02. The average Bonchev–Trinajstić information content (AvgIpc) is 2.74. The van der Waals surface area contributed by atoms with Crippen LogP contribution in [0.2, 0.25) is 5.02 Å². The number of carbonyl (C=O) groups excluding carboxylic acids is 1. The number of hydrogen-bond acceptors (Lipinski definition) is 3. The van der Waals surface area contributed by atoms with Crippen molar-refractivity contribution in [1.29, 1.82) is 0 Å². The summed E-state index contributed by atoms with van der Waals surface area (Å²) in [7, 11) is 1.82. The highest BCUT2D eigenvalue weighted by Gasteiger charge is 2.20. The van der Waals surface area contributed by atoms with Gasteiger partial charge < -0.3 is 10.6 Å². The fourth-order valence-electron chi connectivity index (χ4n) is 2.10. The van der Waals surface area contributed by atoms with Gasteiger partial charge in [0.1, 0.15) is 4.88 Å². The van der Waals surface area contributed by atoms with Crippen molar-refractivity contribution in [2.75, 3.05) is 19.3 Å². The Morgan fingerprint density at radius 3 is 2.85 bits per heavy atom. The summed E-state index contributed by atoms with van der Waals surface area (Å²) in [6.07, 6.45) is 1.05. The Kier molecular flexibility index (Phi) is 4.55. The summed E-state index contributed by atoms with van der Waals surface area (Å²) in [5.41, 5.74) is 6.67. The lowest BCUT2D eigenvalue weighted by atomic mass is 10.1. The normalized spacial score (nSPS) is 12.6. The van der Waals surface area contributed by atoms with Crippen molar-refractivity contribution in [3.05, 3.63) is 28.1 Å². The number of thiophene rings is 1. The SMILES string of the molecule is CCC(C)CN(C)C(=O)c1sc2cc(Cl)ccc2c1N. The molecule has 1 heterocycles. The number of amides is 1. The molecular formula is C15H19ClN2OS. The van der Waals surface area contributed by atoms with Crippen LogP contribution in [0.5, 0.6) is 0 Å². The van der Waals surface area contributed by atoms with Gasteiger partial charge >= 0.3 is 0 Å². The number of halogens is 1. The number of anilines is 1. The van der Waals surface area contributed by atoms with Crippen molar-refractivity contribution in [2.24, 2.45) is 5.92 Å². The van der Waals surface area contributed by atoms with Gasteiger partial charge in [-0.2, -0.15) is 0 Å². The minimum absolute atomic E-state index is 0.0138. The van der Waals surface area contributed by atoms with Crippen LogP contribution in [0, 0.1) is 5.92 Å². The molecule has 0 aliphatic carbocycles. The first kappa shape index (κ1) is 15.1. The third kappa shape index (κ3) is 2.91. The van der Waals surface area contributed by atoms with Crippen molar-refractivity contribution in [3.8, 4) is 0 Å². The molecule has 1 amide bonds. The van der Waals surface area contributed by atoms with Gasteiger partial charge in [0.05, 0.1) is 5.69 Å². The zero-order chi connectivity index (χ0) is 14.9. The van der Waals surface area contributed by atoms with Crippen LogP contribution in [-0.2, 0) is 0 Å². The molecule has 0 saturated heterocycles. The van der Waals surface area contributed by atoms with Crippen LogP contribution in [-0.4, -0.2) is 24.4 Å². The predicted molar refractivity (Wildman–Crippen MR) is 87.7 cm³/mol. The maximum Gasteiger partial charge on any atom is 0.265 e. The van der Waals surface area contributed by atoms with Gasteiger partial charge in [0, 0.05) is 28.7 Å². The number of nitrogen functional groups attached to an aromatic ring is 1. The van der Waals surface area contributed by atoms with E-state index in [0.29, 0.717) is 21.5 Å². The van der Waals surface area contributed by atoms with Gasteiger partial charge in [-0.25, -0.2) is 0 Å². The molecule has 1 unspecified atom stereocenters. The fourth-order valence-corrected chi connectivity index (χ4v) is 3.50. The molecule has 0 fully saturated rings. The first-order chi connectivity index (χ1) is 9.43. The second-order valence-corrected chi connectivity index (χ2v) is 6.67. The number of rotatable bonds is 4. The molecule has 0 radical (unpaired) electrons. The van der Waals surface area contributed by atoms with E-state index < -0.39 is 0 Å². The van der Waals surface area contributed by atoms with Crippen LogP contribution in [0.1, 0.15) is 29.9 Å².